The topological polar surface area (TPSA) is 99.6 Å². The number of hydrogen-bond acceptors (Lipinski definition) is 7. The summed E-state index contributed by atoms with van der Waals surface area (Å²) in [5, 5.41) is 13.2. The molecule has 0 bridgehead atoms. The predicted octanol–water partition coefficient (Wildman–Crippen LogP) is 4.42. The van der Waals surface area contributed by atoms with Crippen LogP contribution in [0.3, 0.4) is 0 Å². The summed E-state index contributed by atoms with van der Waals surface area (Å²) < 4.78 is 1.61. The molecule has 5 rings (SSSR count). The minimum absolute atomic E-state index is 0.173. The number of nitrogens with zero attached hydrogens (tertiary/aromatic N) is 6. The van der Waals surface area contributed by atoms with Crippen LogP contribution in [-0.4, -0.2) is 29.4 Å². The maximum Gasteiger partial charge on any atom is 0.344 e. The third-order valence-corrected chi connectivity index (χ3v) is 5.48. The van der Waals surface area contributed by atoms with E-state index in [1.165, 1.54) is 24.4 Å². The van der Waals surface area contributed by atoms with Crippen LogP contribution < -0.4 is 0 Å². The Morgan fingerprint density at radius 2 is 1.79 bits per heavy atom. The third kappa shape index (κ3) is 2.97. The molecule has 5 aromatic rings. The average Bonchev–Trinajstić information content (AvgIpc) is 3.18. The Labute approximate surface area is 168 Å². The summed E-state index contributed by atoms with van der Waals surface area (Å²) in [6.07, 6.45) is 4.57. The van der Waals surface area contributed by atoms with E-state index in [9.17, 15) is 10.1 Å². The molecule has 3 aromatic heterocycles. The van der Waals surface area contributed by atoms with Crippen LogP contribution in [0.1, 0.15) is 0 Å². The van der Waals surface area contributed by atoms with Crippen LogP contribution >= 0.6 is 11.8 Å². The van der Waals surface area contributed by atoms with Crippen molar-refractivity contribution in [1.29, 1.82) is 0 Å². The Morgan fingerprint density at radius 3 is 2.69 bits per heavy atom. The van der Waals surface area contributed by atoms with Gasteiger partial charge in [0.1, 0.15) is 12.7 Å². The van der Waals surface area contributed by atoms with Crippen molar-refractivity contribution in [3.05, 3.63) is 83.6 Å². The average molecular weight is 400 g/mol. The fraction of sp³-hybridized carbons (Fsp3) is 0. The van der Waals surface area contributed by atoms with Gasteiger partial charge in [-0.2, -0.15) is 0 Å². The van der Waals surface area contributed by atoms with Crippen molar-refractivity contribution in [3.63, 3.8) is 0 Å². The number of aromatic nitrogens is 5. The van der Waals surface area contributed by atoms with Crippen LogP contribution in [0.2, 0.25) is 0 Å². The molecule has 9 heteroatoms. The van der Waals surface area contributed by atoms with Crippen molar-refractivity contribution >= 4 is 39.4 Å². The Balaban J connectivity index is 1.68. The van der Waals surface area contributed by atoms with E-state index in [1.807, 2.05) is 54.6 Å². The van der Waals surface area contributed by atoms with E-state index >= 15 is 0 Å². The van der Waals surface area contributed by atoms with Crippen molar-refractivity contribution < 1.29 is 4.92 Å². The molecule has 0 N–H and O–H groups in total. The molecule has 0 fully saturated rings. The van der Waals surface area contributed by atoms with Crippen LogP contribution in [0, 0.1) is 10.1 Å². The first-order chi connectivity index (χ1) is 14.2. The normalized spacial score (nSPS) is 11.2. The summed E-state index contributed by atoms with van der Waals surface area (Å²) in [6, 6.07) is 16.9. The minimum Gasteiger partial charge on any atom is -0.277 e. The fourth-order valence-electron chi connectivity index (χ4n) is 3.16. The number of benzene rings is 2. The first kappa shape index (κ1) is 17.3. The summed E-state index contributed by atoms with van der Waals surface area (Å²) in [7, 11) is 0. The lowest BCUT2D eigenvalue weighted by Crippen LogP contribution is -2.05. The molecule has 2 aromatic carbocycles. The van der Waals surface area contributed by atoms with E-state index in [0.717, 1.165) is 26.8 Å². The summed E-state index contributed by atoms with van der Waals surface area (Å²) in [6.45, 7) is 0. The van der Waals surface area contributed by atoms with Gasteiger partial charge in [0.25, 0.3) is 0 Å². The zero-order valence-electron chi connectivity index (χ0n) is 14.8. The van der Waals surface area contributed by atoms with E-state index in [0.29, 0.717) is 0 Å². The molecule has 0 amide bonds. The quantitative estimate of drug-likeness (QED) is 0.250. The van der Waals surface area contributed by atoms with Gasteiger partial charge in [-0.3, -0.25) is 19.7 Å². The zero-order valence-corrected chi connectivity index (χ0v) is 15.7. The number of fused-ring (bicyclic) bond motifs is 2. The molecule has 140 valence electrons. The minimum atomic E-state index is -0.453. The van der Waals surface area contributed by atoms with Gasteiger partial charge in [0.15, 0.2) is 5.03 Å². The molecule has 0 aliphatic carbocycles. The molecule has 0 aliphatic rings. The van der Waals surface area contributed by atoms with E-state index in [2.05, 4.69) is 19.9 Å². The van der Waals surface area contributed by atoms with Gasteiger partial charge in [-0.1, -0.05) is 42.1 Å². The predicted molar refractivity (Wildman–Crippen MR) is 109 cm³/mol. The molecule has 0 radical (unpaired) electrons. The molecule has 29 heavy (non-hydrogen) atoms. The standard InChI is InChI=1S/C20H12N6O2S/c27-26(28)18-19(25-12-24-14-7-1-2-8-15(14)25)22-11-23-20(18)29-16-9-3-5-13-6-4-10-21-17(13)16/h1-12H. The Hall–Kier alpha value is -3.85. The van der Waals surface area contributed by atoms with Crippen LogP contribution in [0.5, 0.6) is 0 Å². The second-order valence-corrected chi connectivity index (χ2v) is 7.18. The number of pyridine rings is 1. The van der Waals surface area contributed by atoms with Crippen LogP contribution in [0.15, 0.2) is 83.4 Å². The van der Waals surface area contributed by atoms with Gasteiger partial charge in [-0.25, -0.2) is 15.0 Å². The van der Waals surface area contributed by atoms with E-state index in [1.54, 1.807) is 10.8 Å². The van der Waals surface area contributed by atoms with Gasteiger partial charge in [-0.05, 0) is 24.3 Å². The molecule has 0 unspecified atom stereocenters. The van der Waals surface area contributed by atoms with Gasteiger partial charge in [-0.15, -0.1) is 0 Å². The molecule has 0 atom stereocenters. The number of nitro groups is 1. The van der Waals surface area contributed by atoms with E-state index < -0.39 is 4.92 Å². The summed E-state index contributed by atoms with van der Waals surface area (Å²) in [5.41, 5.74) is 2.06. The highest BCUT2D eigenvalue weighted by molar-refractivity contribution is 7.99. The van der Waals surface area contributed by atoms with Crippen LogP contribution in [-0.2, 0) is 0 Å². The molecule has 8 nitrogen and oxygen atoms in total. The number of para-hydroxylation sites is 3. The van der Waals surface area contributed by atoms with Gasteiger partial charge < -0.3 is 0 Å². The summed E-state index contributed by atoms with van der Waals surface area (Å²) >= 11 is 1.20. The molecule has 0 saturated heterocycles. The number of hydrogen-bond donors (Lipinski definition) is 0. The van der Waals surface area contributed by atoms with E-state index in [-0.39, 0.29) is 16.5 Å². The molecule has 0 spiro atoms. The van der Waals surface area contributed by atoms with Crippen molar-refractivity contribution in [2.75, 3.05) is 0 Å². The maximum absolute atomic E-state index is 12.0. The first-order valence-electron chi connectivity index (χ1n) is 8.66. The highest BCUT2D eigenvalue weighted by atomic mass is 32.2. The molecule has 3 heterocycles. The Bertz CT molecular complexity index is 1380. The number of rotatable bonds is 4. The lowest BCUT2D eigenvalue weighted by atomic mass is 10.2. The van der Waals surface area contributed by atoms with Crippen LogP contribution in [0.25, 0.3) is 27.8 Å². The van der Waals surface area contributed by atoms with Crippen LogP contribution in [0.4, 0.5) is 5.69 Å². The monoisotopic (exact) mass is 400 g/mol. The fourth-order valence-corrected chi connectivity index (χ4v) is 4.14. The van der Waals surface area contributed by atoms with Gasteiger partial charge in [0.05, 0.1) is 21.5 Å². The number of imidazole rings is 1. The lowest BCUT2D eigenvalue weighted by molar-refractivity contribution is -0.388. The Morgan fingerprint density at radius 1 is 0.931 bits per heavy atom. The maximum atomic E-state index is 12.0. The smallest absolute Gasteiger partial charge is 0.277 e. The van der Waals surface area contributed by atoms with Gasteiger partial charge in [0.2, 0.25) is 5.82 Å². The first-order valence-corrected chi connectivity index (χ1v) is 9.47. The van der Waals surface area contributed by atoms with E-state index in [4.69, 9.17) is 0 Å². The van der Waals surface area contributed by atoms with Gasteiger partial charge >= 0.3 is 5.69 Å². The third-order valence-electron chi connectivity index (χ3n) is 4.44. The van der Waals surface area contributed by atoms with Crippen molar-refractivity contribution in [2.24, 2.45) is 0 Å². The highest BCUT2D eigenvalue weighted by Crippen LogP contribution is 2.38. The Kier molecular flexibility index (Phi) is 4.14. The summed E-state index contributed by atoms with van der Waals surface area (Å²) in [4.78, 5) is 29.4. The molecule has 0 saturated carbocycles. The second-order valence-electron chi connectivity index (χ2n) is 6.14. The van der Waals surface area contributed by atoms with Gasteiger partial charge in [0, 0.05) is 16.5 Å². The zero-order chi connectivity index (χ0) is 19.8. The van der Waals surface area contributed by atoms with Crippen molar-refractivity contribution in [1.82, 2.24) is 24.5 Å². The molecular formula is C20H12N6O2S. The second kappa shape index (κ2) is 6.95. The highest BCUT2D eigenvalue weighted by Gasteiger charge is 2.26. The van der Waals surface area contributed by atoms with Crippen molar-refractivity contribution in [2.45, 2.75) is 9.92 Å². The lowest BCUT2D eigenvalue weighted by Gasteiger charge is -2.08. The largest absolute Gasteiger partial charge is 0.344 e. The summed E-state index contributed by atoms with van der Waals surface area (Å²) in [5.74, 6) is 0.175. The SMILES string of the molecule is O=[N+]([O-])c1c(Sc2cccc3cccnc23)ncnc1-n1cnc2ccccc21. The molecule has 0 aliphatic heterocycles. The molecular weight excluding hydrogens is 388 g/mol. The van der Waals surface area contributed by atoms with Crippen molar-refractivity contribution in [3.8, 4) is 5.82 Å².